The number of aliphatic imine (C=N–C) groups is 1. The third kappa shape index (κ3) is 6.66. The number of anilines is 1. The molecule has 0 aliphatic carbocycles. The largest absolute Gasteiger partial charge is 0.367 e. The highest BCUT2D eigenvalue weighted by Crippen LogP contribution is 2.25. The molecule has 158 valence electrons. The zero-order valence-corrected chi connectivity index (χ0v) is 20.1. The first-order valence-electron chi connectivity index (χ1n) is 10.0. The number of likely N-dealkylation sites (N-methyl/N-ethyl adjacent to an activating group) is 1. The molecule has 1 atom stereocenters. The van der Waals surface area contributed by atoms with Gasteiger partial charge in [0.2, 0.25) is 0 Å². The molecule has 1 aromatic rings. The first kappa shape index (κ1) is 23.5. The Kier molecular flexibility index (Phi) is 10.1. The number of piperazine rings is 1. The van der Waals surface area contributed by atoms with E-state index in [1.165, 1.54) is 18.6 Å². The molecule has 2 saturated heterocycles. The zero-order chi connectivity index (χ0) is 19.1. The number of nitrogens with one attached hydrogen (secondary N) is 2. The summed E-state index contributed by atoms with van der Waals surface area (Å²) in [6, 6.07) is 5.58. The number of hydrogen-bond donors (Lipinski definition) is 2. The molecule has 0 amide bonds. The predicted octanol–water partition coefficient (Wildman–Crippen LogP) is 3.15. The zero-order valence-electron chi connectivity index (χ0n) is 16.9. The second-order valence-electron chi connectivity index (χ2n) is 7.15. The molecule has 2 aliphatic heterocycles. The van der Waals surface area contributed by atoms with Gasteiger partial charge in [0, 0.05) is 51.6 Å². The van der Waals surface area contributed by atoms with Crippen molar-refractivity contribution in [2.75, 3.05) is 57.0 Å². The second kappa shape index (κ2) is 12.1. The molecule has 2 N–H and O–H groups in total. The summed E-state index contributed by atoms with van der Waals surface area (Å²) >= 11 is 2.03. The van der Waals surface area contributed by atoms with Gasteiger partial charge in [-0.15, -0.1) is 24.0 Å². The number of guanidine groups is 1. The van der Waals surface area contributed by atoms with Crippen LogP contribution in [0.1, 0.15) is 25.3 Å². The van der Waals surface area contributed by atoms with E-state index in [1.807, 2.05) is 23.9 Å². The summed E-state index contributed by atoms with van der Waals surface area (Å²) in [6.07, 6.45) is 2.58. The van der Waals surface area contributed by atoms with Crippen molar-refractivity contribution in [3.63, 3.8) is 0 Å². The van der Waals surface area contributed by atoms with E-state index in [2.05, 4.69) is 32.3 Å². The molecule has 3 rings (SSSR count). The first-order chi connectivity index (χ1) is 13.2. The van der Waals surface area contributed by atoms with Crippen LogP contribution in [0.2, 0.25) is 0 Å². The molecule has 2 heterocycles. The predicted molar refractivity (Wildman–Crippen MR) is 130 cm³/mol. The van der Waals surface area contributed by atoms with Gasteiger partial charge in [0.1, 0.15) is 5.82 Å². The molecule has 5 nitrogen and oxygen atoms in total. The second-order valence-corrected chi connectivity index (χ2v) is 8.56. The van der Waals surface area contributed by atoms with E-state index in [9.17, 15) is 4.39 Å². The fraction of sp³-hybridized carbons (Fsp3) is 0.650. The van der Waals surface area contributed by atoms with Gasteiger partial charge in [-0.3, -0.25) is 4.99 Å². The van der Waals surface area contributed by atoms with E-state index >= 15 is 0 Å². The van der Waals surface area contributed by atoms with Crippen molar-refractivity contribution >= 4 is 47.4 Å². The number of nitrogens with zero attached hydrogens (tertiary/aromatic N) is 3. The van der Waals surface area contributed by atoms with Crippen LogP contribution in [0, 0.1) is 5.82 Å². The third-order valence-electron chi connectivity index (χ3n) is 5.38. The Labute approximate surface area is 189 Å². The number of benzene rings is 1. The van der Waals surface area contributed by atoms with Gasteiger partial charge in [0.15, 0.2) is 5.96 Å². The van der Waals surface area contributed by atoms with Crippen LogP contribution in [-0.4, -0.2) is 68.2 Å². The van der Waals surface area contributed by atoms with Crippen LogP contribution in [0.3, 0.4) is 0 Å². The van der Waals surface area contributed by atoms with Gasteiger partial charge in [-0.05, 0) is 42.8 Å². The first-order valence-corrected chi connectivity index (χ1v) is 11.1. The Morgan fingerprint density at radius 2 is 2.04 bits per heavy atom. The summed E-state index contributed by atoms with van der Waals surface area (Å²) in [5.74, 6) is 1.91. The molecule has 2 fully saturated rings. The van der Waals surface area contributed by atoms with Gasteiger partial charge in [0.25, 0.3) is 0 Å². The summed E-state index contributed by atoms with van der Waals surface area (Å²) < 4.78 is 14.6. The average Bonchev–Trinajstić information content (AvgIpc) is 3.22. The van der Waals surface area contributed by atoms with Crippen LogP contribution >= 0.6 is 35.7 Å². The third-order valence-corrected chi connectivity index (χ3v) is 6.78. The van der Waals surface area contributed by atoms with Crippen LogP contribution in [-0.2, 0) is 6.54 Å². The van der Waals surface area contributed by atoms with Crippen LogP contribution in [0.15, 0.2) is 23.2 Å². The van der Waals surface area contributed by atoms with E-state index in [0.29, 0.717) is 11.8 Å². The summed E-state index contributed by atoms with van der Waals surface area (Å²) in [7, 11) is 1.77. The van der Waals surface area contributed by atoms with Gasteiger partial charge in [-0.2, -0.15) is 11.8 Å². The van der Waals surface area contributed by atoms with E-state index in [4.69, 9.17) is 0 Å². The highest BCUT2D eigenvalue weighted by atomic mass is 127. The summed E-state index contributed by atoms with van der Waals surface area (Å²) in [4.78, 5) is 8.82. The highest BCUT2D eigenvalue weighted by Gasteiger charge is 2.19. The lowest BCUT2D eigenvalue weighted by molar-refractivity contribution is 0.270. The lowest BCUT2D eigenvalue weighted by Crippen LogP contribution is -2.46. The Morgan fingerprint density at radius 1 is 1.25 bits per heavy atom. The minimum atomic E-state index is -0.135. The lowest BCUT2D eigenvalue weighted by atomic mass is 10.1. The normalized spacial score (nSPS) is 20.8. The average molecular weight is 521 g/mol. The van der Waals surface area contributed by atoms with Gasteiger partial charge in [-0.1, -0.05) is 13.0 Å². The highest BCUT2D eigenvalue weighted by molar-refractivity contribution is 14.0. The van der Waals surface area contributed by atoms with Crippen molar-refractivity contribution in [3.05, 3.63) is 29.6 Å². The van der Waals surface area contributed by atoms with Crippen LogP contribution in [0.4, 0.5) is 10.1 Å². The molecule has 1 aromatic carbocycles. The molecule has 0 aromatic heterocycles. The Balaban J connectivity index is 0.00000280. The molecular formula is C20H33FIN5S. The Bertz CT molecular complexity index is 631. The SMILES string of the molecule is CCN1CCN(c2ccc(CNC(=NC)NCC3CCCS3)cc2F)CC1.I. The van der Waals surface area contributed by atoms with Gasteiger partial charge in [-0.25, -0.2) is 4.39 Å². The Hall–Kier alpha value is -0.740. The molecule has 8 heteroatoms. The quantitative estimate of drug-likeness (QED) is 0.342. The van der Waals surface area contributed by atoms with Crippen LogP contribution in [0.5, 0.6) is 0 Å². The minimum Gasteiger partial charge on any atom is -0.367 e. The fourth-order valence-electron chi connectivity index (χ4n) is 3.64. The van der Waals surface area contributed by atoms with Crippen molar-refractivity contribution in [3.8, 4) is 0 Å². The molecule has 2 aliphatic rings. The van der Waals surface area contributed by atoms with Crippen molar-refractivity contribution in [1.29, 1.82) is 0 Å². The minimum absolute atomic E-state index is 0. The van der Waals surface area contributed by atoms with Crippen molar-refractivity contribution in [1.82, 2.24) is 15.5 Å². The maximum Gasteiger partial charge on any atom is 0.191 e. The van der Waals surface area contributed by atoms with Crippen LogP contribution in [0.25, 0.3) is 0 Å². The topological polar surface area (TPSA) is 42.9 Å². The maximum absolute atomic E-state index is 14.6. The summed E-state index contributed by atoms with van der Waals surface area (Å²) in [5.41, 5.74) is 1.65. The van der Waals surface area contributed by atoms with Crippen molar-refractivity contribution < 1.29 is 4.39 Å². The van der Waals surface area contributed by atoms with Crippen LogP contribution < -0.4 is 15.5 Å². The number of thioether (sulfide) groups is 1. The summed E-state index contributed by atoms with van der Waals surface area (Å²) in [5, 5.41) is 7.35. The van der Waals surface area contributed by atoms with E-state index < -0.39 is 0 Å². The maximum atomic E-state index is 14.6. The van der Waals surface area contributed by atoms with Gasteiger partial charge in [0.05, 0.1) is 5.69 Å². The lowest BCUT2D eigenvalue weighted by Gasteiger charge is -2.35. The van der Waals surface area contributed by atoms with E-state index in [1.54, 1.807) is 13.1 Å². The molecule has 0 spiro atoms. The van der Waals surface area contributed by atoms with E-state index in [0.717, 1.165) is 56.5 Å². The number of hydrogen-bond acceptors (Lipinski definition) is 4. The molecule has 0 saturated carbocycles. The molecular weight excluding hydrogens is 488 g/mol. The Morgan fingerprint density at radius 3 is 2.64 bits per heavy atom. The monoisotopic (exact) mass is 521 g/mol. The van der Waals surface area contributed by atoms with Crippen molar-refractivity contribution in [2.24, 2.45) is 4.99 Å². The number of rotatable bonds is 6. The number of halogens is 2. The molecule has 28 heavy (non-hydrogen) atoms. The molecule has 0 radical (unpaired) electrons. The van der Waals surface area contributed by atoms with Crippen molar-refractivity contribution in [2.45, 2.75) is 31.6 Å². The van der Waals surface area contributed by atoms with E-state index in [-0.39, 0.29) is 29.8 Å². The smallest absolute Gasteiger partial charge is 0.191 e. The molecule has 0 bridgehead atoms. The molecule has 1 unspecified atom stereocenters. The summed E-state index contributed by atoms with van der Waals surface area (Å²) in [6.45, 7) is 8.51. The van der Waals surface area contributed by atoms with Gasteiger partial charge < -0.3 is 20.4 Å². The standard InChI is InChI=1S/C20H32FN5S.HI/c1-3-25-8-10-26(11-9-25)19-7-6-16(13-18(19)21)14-23-20(22-2)24-15-17-5-4-12-27-17;/h6-7,13,17H,3-5,8-12,14-15H2,1-2H3,(H2,22,23,24);1H. The van der Waals surface area contributed by atoms with Gasteiger partial charge >= 0.3 is 0 Å². The fourth-order valence-corrected chi connectivity index (χ4v) is 4.85.